The van der Waals surface area contributed by atoms with E-state index in [1.165, 1.54) is 0 Å². The van der Waals surface area contributed by atoms with E-state index in [1.807, 2.05) is 45.0 Å². The Bertz CT molecular complexity index is 441. The summed E-state index contributed by atoms with van der Waals surface area (Å²) >= 11 is 0. The largest absolute Gasteiger partial charge is 0.492 e. The fourth-order valence-electron chi connectivity index (χ4n) is 1.64. The lowest BCUT2D eigenvalue weighted by molar-refractivity contribution is 0.0520. The van der Waals surface area contributed by atoms with Gasteiger partial charge in [-0.25, -0.2) is 4.79 Å². The third-order valence-corrected chi connectivity index (χ3v) is 2.60. The maximum absolute atomic E-state index is 11.4. The van der Waals surface area contributed by atoms with Gasteiger partial charge in [-0.3, -0.25) is 0 Å². The van der Waals surface area contributed by atoms with E-state index in [0.717, 1.165) is 24.4 Å². The van der Waals surface area contributed by atoms with Crippen LogP contribution in [0.5, 0.6) is 5.75 Å². The van der Waals surface area contributed by atoms with Crippen LogP contribution in [0.25, 0.3) is 0 Å². The lowest BCUT2D eigenvalue weighted by atomic mass is 10.2. The molecule has 0 radical (unpaired) electrons. The molecule has 0 aromatic heterocycles. The number of carbonyl (C=O) groups excluding carboxylic acids is 1. The van der Waals surface area contributed by atoms with Crippen molar-refractivity contribution >= 4 is 11.8 Å². The summed E-state index contributed by atoms with van der Waals surface area (Å²) in [6.07, 6.45) is 0.504. The summed E-state index contributed by atoms with van der Waals surface area (Å²) in [5.41, 5.74) is 5.99. The minimum Gasteiger partial charge on any atom is -0.492 e. The van der Waals surface area contributed by atoms with Gasteiger partial charge < -0.3 is 25.8 Å². The number of benzene rings is 1. The van der Waals surface area contributed by atoms with Crippen LogP contribution in [0.15, 0.2) is 24.3 Å². The first kappa shape index (κ1) is 18.1. The summed E-state index contributed by atoms with van der Waals surface area (Å²) in [4.78, 5) is 11.4. The van der Waals surface area contributed by atoms with Crippen LogP contribution in [-0.2, 0) is 4.74 Å². The molecule has 0 aliphatic rings. The summed E-state index contributed by atoms with van der Waals surface area (Å²) < 4.78 is 10.7. The van der Waals surface area contributed by atoms with Crippen molar-refractivity contribution in [2.24, 2.45) is 5.73 Å². The van der Waals surface area contributed by atoms with Crippen LogP contribution < -0.4 is 21.1 Å². The first-order valence-electron chi connectivity index (χ1n) is 7.54. The highest BCUT2D eigenvalue weighted by Crippen LogP contribution is 2.15. The van der Waals surface area contributed by atoms with E-state index in [1.54, 1.807) is 0 Å². The van der Waals surface area contributed by atoms with Crippen LogP contribution in [-0.4, -0.2) is 37.9 Å². The van der Waals surface area contributed by atoms with Gasteiger partial charge in [0.25, 0.3) is 0 Å². The summed E-state index contributed by atoms with van der Waals surface area (Å²) in [5, 5.41) is 5.91. The first-order valence-corrected chi connectivity index (χ1v) is 7.54. The second-order valence-electron chi connectivity index (χ2n) is 5.87. The van der Waals surface area contributed by atoms with Crippen molar-refractivity contribution in [2.45, 2.75) is 32.8 Å². The Labute approximate surface area is 132 Å². The summed E-state index contributed by atoms with van der Waals surface area (Å²) in [5.74, 6) is 0.760. The highest BCUT2D eigenvalue weighted by Gasteiger charge is 2.15. The van der Waals surface area contributed by atoms with Crippen molar-refractivity contribution in [3.8, 4) is 5.75 Å². The highest BCUT2D eigenvalue weighted by atomic mass is 16.6. The highest BCUT2D eigenvalue weighted by molar-refractivity contribution is 5.67. The summed E-state index contributed by atoms with van der Waals surface area (Å²) in [6, 6.07) is 7.68. The second-order valence-corrected chi connectivity index (χ2v) is 5.87. The van der Waals surface area contributed by atoms with Gasteiger partial charge in [-0.2, -0.15) is 0 Å². The molecule has 0 aliphatic carbocycles. The number of rotatable bonds is 8. The number of nitrogens with one attached hydrogen (secondary N) is 2. The van der Waals surface area contributed by atoms with Gasteiger partial charge in [0, 0.05) is 12.2 Å². The molecule has 0 saturated heterocycles. The quantitative estimate of drug-likeness (QED) is 0.642. The molecule has 0 bridgehead atoms. The maximum Gasteiger partial charge on any atom is 0.407 e. The number of hydrogen-bond acceptors (Lipinski definition) is 5. The minimum atomic E-state index is -0.488. The Hall–Kier alpha value is -1.95. The van der Waals surface area contributed by atoms with Crippen molar-refractivity contribution in [3.63, 3.8) is 0 Å². The standard InChI is InChI=1S/C16H27N3O3/c1-16(2,3)22-15(20)19-11-12-21-14-7-5-13(6-8-14)18-10-4-9-17/h5-8,18H,4,9-12,17H2,1-3H3,(H,19,20). The van der Waals surface area contributed by atoms with Crippen LogP contribution in [0.1, 0.15) is 27.2 Å². The summed E-state index contributed by atoms with van der Waals surface area (Å²) in [7, 11) is 0. The Kier molecular flexibility index (Phi) is 7.52. The van der Waals surface area contributed by atoms with E-state index in [4.69, 9.17) is 15.2 Å². The molecule has 1 aromatic rings. The number of carbonyl (C=O) groups is 1. The smallest absolute Gasteiger partial charge is 0.407 e. The molecule has 0 saturated carbocycles. The molecule has 1 aromatic carbocycles. The van der Waals surface area contributed by atoms with Crippen molar-refractivity contribution in [1.29, 1.82) is 0 Å². The van der Waals surface area contributed by atoms with E-state index in [-0.39, 0.29) is 0 Å². The Morgan fingerprint density at radius 2 is 1.86 bits per heavy atom. The first-order chi connectivity index (χ1) is 10.4. The molecule has 6 heteroatoms. The fourth-order valence-corrected chi connectivity index (χ4v) is 1.64. The van der Waals surface area contributed by atoms with Crippen LogP contribution in [0.2, 0.25) is 0 Å². The maximum atomic E-state index is 11.4. The molecule has 22 heavy (non-hydrogen) atoms. The van der Waals surface area contributed by atoms with Crippen molar-refractivity contribution in [2.75, 3.05) is 31.6 Å². The summed E-state index contributed by atoms with van der Waals surface area (Å²) in [6.45, 7) is 7.80. The zero-order valence-electron chi connectivity index (χ0n) is 13.6. The van der Waals surface area contributed by atoms with E-state index < -0.39 is 11.7 Å². The number of nitrogens with two attached hydrogens (primary N) is 1. The normalized spacial score (nSPS) is 10.9. The molecule has 0 atom stereocenters. The molecule has 6 nitrogen and oxygen atoms in total. The fraction of sp³-hybridized carbons (Fsp3) is 0.562. The third kappa shape index (κ3) is 8.36. The van der Waals surface area contributed by atoms with Gasteiger partial charge in [-0.05, 0) is 58.0 Å². The van der Waals surface area contributed by atoms with E-state index in [9.17, 15) is 4.79 Å². The number of ether oxygens (including phenoxy) is 2. The number of amides is 1. The van der Waals surface area contributed by atoms with Crippen LogP contribution >= 0.6 is 0 Å². The van der Waals surface area contributed by atoms with E-state index in [0.29, 0.717) is 19.7 Å². The van der Waals surface area contributed by atoms with Gasteiger partial charge >= 0.3 is 6.09 Å². The van der Waals surface area contributed by atoms with Gasteiger partial charge in [0.15, 0.2) is 0 Å². The topological polar surface area (TPSA) is 85.6 Å². The SMILES string of the molecule is CC(C)(C)OC(=O)NCCOc1ccc(NCCCN)cc1. The zero-order chi connectivity index (χ0) is 16.4. The van der Waals surface area contributed by atoms with Gasteiger partial charge in [0.05, 0.1) is 6.54 Å². The Morgan fingerprint density at radius 3 is 2.45 bits per heavy atom. The van der Waals surface area contributed by atoms with Gasteiger partial charge in [0.2, 0.25) is 0 Å². The molecule has 1 rings (SSSR count). The predicted molar refractivity (Wildman–Crippen MR) is 88.3 cm³/mol. The van der Waals surface area contributed by atoms with E-state index in [2.05, 4.69) is 10.6 Å². The third-order valence-electron chi connectivity index (χ3n) is 2.60. The number of hydrogen-bond donors (Lipinski definition) is 3. The van der Waals surface area contributed by atoms with Gasteiger partial charge in [0.1, 0.15) is 18.0 Å². The van der Waals surface area contributed by atoms with Crippen LogP contribution in [0.3, 0.4) is 0 Å². The minimum absolute atomic E-state index is 0.388. The lowest BCUT2D eigenvalue weighted by Crippen LogP contribution is -2.34. The average molecular weight is 309 g/mol. The monoisotopic (exact) mass is 309 g/mol. The molecule has 0 aliphatic heterocycles. The molecule has 0 unspecified atom stereocenters. The molecular formula is C16H27N3O3. The zero-order valence-corrected chi connectivity index (χ0v) is 13.6. The molecule has 1 amide bonds. The molecule has 0 fully saturated rings. The van der Waals surface area contributed by atoms with Gasteiger partial charge in [-0.1, -0.05) is 0 Å². The molecular weight excluding hydrogens is 282 g/mol. The lowest BCUT2D eigenvalue weighted by Gasteiger charge is -2.19. The van der Waals surface area contributed by atoms with Crippen LogP contribution in [0.4, 0.5) is 10.5 Å². The number of alkyl carbamates (subject to hydrolysis) is 1. The number of anilines is 1. The van der Waals surface area contributed by atoms with Crippen molar-refractivity contribution in [1.82, 2.24) is 5.32 Å². The van der Waals surface area contributed by atoms with E-state index >= 15 is 0 Å². The Morgan fingerprint density at radius 1 is 1.18 bits per heavy atom. The van der Waals surface area contributed by atoms with Gasteiger partial charge in [-0.15, -0.1) is 0 Å². The molecule has 4 N–H and O–H groups in total. The van der Waals surface area contributed by atoms with Crippen LogP contribution in [0, 0.1) is 0 Å². The van der Waals surface area contributed by atoms with Crippen molar-refractivity contribution in [3.05, 3.63) is 24.3 Å². The second kappa shape index (κ2) is 9.15. The molecule has 0 spiro atoms. The predicted octanol–water partition coefficient (Wildman–Crippen LogP) is 2.35. The average Bonchev–Trinajstić information content (AvgIpc) is 2.43. The molecule has 0 heterocycles. The Balaban J connectivity index is 2.21. The molecule has 124 valence electrons. The van der Waals surface area contributed by atoms with Crippen molar-refractivity contribution < 1.29 is 14.3 Å².